The van der Waals surface area contributed by atoms with Crippen LogP contribution in [0.5, 0.6) is 5.75 Å². The average Bonchev–Trinajstić information content (AvgIpc) is 2.75. The Kier molecular flexibility index (Phi) is 4.88. The van der Waals surface area contributed by atoms with E-state index in [0.717, 1.165) is 5.56 Å². The number of benzene rings is 1. The van der Waals surface area contributed by atoms with Crippen molar-refractivity contribution in [2.75, 3.05) is 18.1 Å². The van der Waals surface area contributed by atoms with Crippen molar-refractivity contribution in [2.45, 2.75) is 32.2 Å². The highest BCUT2D eigenvalue weighted by atomic mass is 32.2. The minimum atomic E-state index is -2.98. The zero-order valence-electron chi connectivity index (χ0n) is 12.3. The van der Waals surface area contributed by atoms with Gasteiger partial charge in [-0.25, -0.2) is 8.42 Å². The number of rotatable bonds is 5. The van der Waals surface area contributed by atoms with Crippen molar-refractivity contribution in [2.24, 2.45) is 0 Å². The maximum atomic E-state index is 11.8. The smallest absolute Gasteiger partial charge is 0.258 e. The summed E-state index contributed by atoms with van der Waals surface area (Å²) < 4.78 is 28.2. The van der Waals surface area contributed by atoms with Gasteiger partial charge in [0.25, 0.3) is 5.91 Å². The Labute approximate surface area is 125 Å². The van der Waals surface area contributed by atoms with Gasteiger partial charge in [-0.3, -0.25) is 4.79 Å². The van der Waals surface area contributed by atoms with Gasteiger partial charge >= 0.3 is 0 Å². The Balaban J connectivity index is 1.87. The van der Waals surface area contributed by atoms with Crippen LogP contribution in [0.15, 0.2) is 24.3 Å². The van der Waals surface area contributed by atoms with Crippen molar-refractivity contribution in [3.63, 3.8) is 0 Å². The number of ether oxygens (including phenoxy) is 1. The Morgan fingerprint density at radius 3 is 2.71 bits per heavy atom. The first kappa shape index (κ1) is 15.8. The maximum absolute atomic E-state index is 11.8. The molecular formula is C15H21NO4S. The molecule has 1 fully saturated rings. The lowest BCUT2D eigenvalue weighted by Crippen LogP contribution is -2.38. The third-order valence-electron chi connectivity index (χ3n) is 3.50. The van der Waals surface area contributed by atoms with Crippen LogP contribution in [0, 0.1) is 0 Å². The highest BCUT2D eigenvalue weighted by Gasteiger charge is 2.28. The summed E-state index contributed by atoms with van der Waals surface area (Å²) in [4.78, 5) is 11.8. The molecule has 1 aliphatic rings. The second-order valence-corrected chi connectivity index (χ2v) is 7.88. The highest BCUT2D eigenvalue weighted by molar-refractivity contribution is 7.91. The first-order valence-electron chi connectivity index (χ1n) is 7.09. The average molecular weight is 311 g/mol. The van der Waals surface area contributed by atoms with Crippen molar-refractivity contribution in [3.8, 4) is 5.75 Å². The Bertz CT molecular complexity index is 610. The van der Waals surface area contributed by atoms with E-state index in [9.17, 15) is 13.2 Å². The van der Waals surface area contributed by atoms with Gasteiger partial charge in [-0.05, 0) is 24.0 Å². The molecule has 0 spiro atoms. The number of nitrogens with one attached hydrogen (secondary N) is 1. The molecule has 0 bridgehead atoms. The molecule has 116 valence electrons. The van der Waals surface area contributed by atoms with E-state index in [0.29, 0.717) is 18.1 Å². The zero-order chi connectivity index (χ0) is 15.5. The minimum absolute atomic E-state index is 0.0291. The van der Waals surface area contributed by atoms with Crippen LogP contribution in [0.2, 0.25) is 0 Å². The van der Waals surface area contributed by atoms with E-state index in [2.05, 4.69) is 19.2 Å². The molecule has 1 amide bonds. The van der Waals surface area contributed by atoms with E-state index < -0.39 is 9.84 Å². The predicted octanol–water partition coefficient (Wildman–Crippen LogP) is 1.49. The minimum Gasteiger partial charge on any atom is -0.483 e. The summed E-state index contributed by atoms with van der Waals surface area (Å²) in [6, 6.07) is 7.32. The van der Waals surface area contributed by atoms with Crippen molar-refractivity contribution < 1.29 is 17.9 Å². The Morgan fingerprint density at radius 1 is 1.38 bits per heavy atom. The van der Waals surface area contributed by atoms with Crippen LogP contribution in [0.4, 0.5) is 0 Å². The fourth-order valence-electron chi connectivity index (χ4n) is 2.41. The van der Waals surface area contributed by atoms with Gasteiger partial charge in [0.05, 0.1) is 11.5 Å². The summed E-state index contributed by atoms with van der Waals surface area (Å²) in [7, 11) is -2.98. The van der Waals surface area contributed by atoms with Crippen LogP contribution in [-0.2, 0) is 14.6 Å². The van der Waals surface area contributed by atoms with Gasteiger partial charge in [-0.15, -0.1) is 0 Å². The second-order valence-electron chi connectivity index (χ2n) is 5.65. The summed E-state index contributed by atoms with van der Waals surface area (Å²) in [6.45, 7) is 4.03. The third-order valence-corrected chi connectivity index (χ3v) is 5.27. The van der Waals surface area contributed by atoms with Gasteiger partial charge in [0.1, 0.15) is 5.75 Å². The van der Waals surface area contributed by atoms with E-state index in [1.54, 1.807) is 0 Å². The topological polar surface area (TPSA) is 72.5 Å². The highest BCUT2D eigenvalue weighted by Crippen LogP contribution is 2.25. The molecule has 1 heterocycles. The lowest BCUT2D eigenvalue weighted by Gasteiger charge is -2.15. The lowest BCUT2D eigenvalue weighted by atomic mass is 10.0. The molecule has 1 aromatic carbocycles. The van der Waals surface area contributed by atoms with Crippen LogP contribution >= 0.6 is 0 Å². The molecule has 6 heteroatoms. The van der Waals surface area contributed by atoms with Gasteiger partial charge in [0.15, 0.2) is 16.4 Å². The number of carbonyl (C=O) groups excluding carboxylic acids is 1. The molecule has 1 atom stereocenters. The van der Waals surface area contributed by atoms with Crippen LogP contribution in [-0.4, -0.2) is 38.5 Å². The van der Waals surface area contributed by atoms with Crippen LogP contribution in [0.3, 0.4) is 0 Å². The maximum Gasteiger partial charge on any atom is 0.258 e. The van der Waals surface area contributed by atoms with Gasteiger partial charge in [-0.1, -0.05) is 32.0 Å². The molecule has 1 aliphatic heterocycles. The molecule has 0 radical (unpaired) electrons. The largest absolute Gasteiger partial charge is 0.483 e. The van der Waals surface area contributed by atoms with E-state index in [1.807, 2.05) is 24.3 Å². The second kappa shape index (κ2) is 6.47. The summed E-state index contributed by atoms with van der Waals surface area (Å²) >= 11 is 0. The Morgan fingerprint density at radius 2 is 2.10 bits per heavy atom. The standard InChI is InChI=1S/C15H21NO4S/c1-11(2)13-5-3-4-6-14(13)20-9-15(17)16-12-7-8-21(18,19)10-12/h3-6,11-12H,7-10H2,1-2H3,(H,16,17). The summed E-state index contributed by atoms with van der Waals surface area (Å²) in [6.07, 6.45) is 0.483. The quantitative estimate of drug-likeness (QED) is 0.894. The number of hydrogen-bond acceptors (Lipinski definition) is 4. The molecule has 1 unspecified atom stereocenters. The molecule has 1 aromatic rings. The number of sulfone groups is 1. The molecular weight excluding hydrogens is 290 g/mol. The third kappa shape index (κ3) is 4.46. The number of para-hydroxylation sites is 1. The first-order chi connectivity index (χ1) is 9.87. The van der Waals surface area contributed by atoms with E-state index in [-0.39, 0.29) is 30.1 Å². The van der Waals surface area contributed by atoms with Gasteiger partial charge < -0.3 is 10.1 Å². The van der Waals surface area contributed by atoms with Gasteiger partial charge in [-0.2, -0.15) is 0 Å². The fraction of sp³-hybridized carbons (Fsp3) is 0.533. The molecule has 5 nitrogen and oxygen atoms in total. The SMILES string of the molecule is CC(C)c1ccccc1OCC(=O)NC1CCS(=O)(=O)C1. The van der Waals surface area contributed by atoms with Gasteiger partial charge in [0.2, 0.25) is 0 Å². The molecule has 0 saturated carbocycles. The van der Waals surface area contributed by atoms with Crippen molar-refractivity contribution in [1.82, 2.24) is 5.32 Å². The van der Waals surface area contributed by atoms with E-state index in [1.165, 1.54) is 0 Å². The summed E-state index contributed by atoms with van der Waals surface area (Å²) in [5.74, 6) is 0.901. The van der Waals surface area contributed by atoms with Crippen molar-refractivity contribution in [3.05, 3.63) is 29.8 Å². The lowest BCUT2D eigenvalue weighted by molar-refractivity contribution is -0.123. The van der Waals surface area contributed by atoms with E-state index in [4.69, 9.17) is 4.74 Å². The summed E-state index contributed by atoms with van der Waals surface area (Å²) in [5, 5.41) is 2.71. The van der Waals surface area contributed by atoms with Crippen LogP contribution < -0.4 is 10.1 Å². The molecule has 0 aliphatic carbocycles. The zero-order valence-corrected chi connectivity index (χ0v) is 13.2. The van der Waals surface area contributed by atoms with Crippen LogP contribution in [0.25, 0.3) is 0 Å². The number of carbonyl (C=O) groups is 1. The molecule has 1 saturated heterocycles. The molecule has 0 aromatic heterocycles. The molecule has 21 heavy (non-hydrogen) atoms. The van der Waals surface area contributed by atoms with Crippen LogP contribution in [0.1, 0.15) is 31.7 Å². The van der Waals surface area contributed by atoms with Crippen molar-refractivity contribution >= 4 is 15.7 Å². The molecule has 2 rings (SSSR count). The van der Waals surface area contributed by atoms with E-state index >= 15 is 0 Å². The number of hydrogen-bond donors (Lipinski definition) is 1. The Hall–Kier alpha value is -1.56. The normalized spacial score (nSPS) is 20.4. The first-order valence-corrected chi connectivity index (χ1v) is 8.91. The number of amides is 1. The molecule has 1 N–H and O–H groups in total. The van der Waals surface area contributed by atoms with Crippen molar-refractivity contribution in [1.29, 1.82) is 0 Å². The van der Waals surface area contributed by atoms with Gasteiger partial charge in [0, 0.05) is 6.04 Å². The summed E-state index contributed by atoms with van der Waals surface area (Å²) in [5.41, 5.74) is 1.05. The predicted molar refractivity (Wildman–Crippen MR) is 81.2 cm³/mol. The fourth-order valence-corrected chi connectivity index (χ4v) is 4.08. The monoisotopic (exact) mass is 311 g/mol.